The molecule has 6 heteroatoms. The van der Waals surface area contributed by atoms with E-state index in [-0.39, 0.29) is 10.5 Å². The summed E-state index contributed by atoms with van der Waals surface area (Å²) in [7, 11) is -3.63. The average molecular weight is 297 g/mol. The van der Waals surface area contributed by atoms with Crippen LogP contribution in [0.1, 0.15) is 11.1 Å². The number of sulfone groups is 1. The van der Waals surface area contributed by atoms with E-state index in [0.717, 1.165) is 12.1 Å². The Morgan fingerprint density at radius 3 is 2.35 bits per heavy atom. The number of anilines is 1. The molecule has 2 N–H and O–H groups in total. The Morgan fingerprint density at radius 1 is 1.05 bits per heavy atom. The molecule has 0 unspecified atom stereocenters. The zero-order valence-corrected chi connectivity index (χ0v) is 11.5. The summed E-state index contributed by atoms with van der Waals surface area (Å²) in [5, 5.41) is 0. The summed E-state index contributed by atoms with van der Waals surface area (Å²) in [6.45, 7) is 1.70. The molecular weight excluding hydrogens is 284 g/mol. The summed E-state index contributed by atoms with van der Waals surface area (Å²) in [4.78, 5) is 0.105. The third kappa shape index (κ3) is 2.96. The van der Waals surface area contributed by atoms with Gasteiger partial charge in [-0.2, -0.15) is 0 Å². The van der Waals surface area contributed by atoms with E-state index < -0.39 is 27.2 Å². The minimum Gasteiger partial charge on any atom is -0.399 e. The molecule has 20 heavy (non-hydrogen) atoms. The first-order valence-corrected chi connectivity index (χ1v) is 7.47. The number of nitrogen functional groups attached to an aromatic ring is 1. The maximum absolute atomic E-state index is 13.1. The Labute approximate surface area is 116 Å². The van der Waals surface area contributed by atoms with Gasteiger partial charge in [0.1, 0.15) is 0 Å². The predicted molar refractivity (Wildman–Crippen MR) is 72.8 cm³/mol. The van der Waals surface area contributed by atoms with Gasteiger partial charge in [-0.1, -0.05) is 6.07 Å². The molecule has 0 saturated heterocycles. The van der Waals surface area contributed by atoms with Crippen LogP contribution in [-0.2, 0) is 15.6 Å². The molecule has 3 nitrogen and oxygen atoms in total. The Bertz CT molecular complexity index is 758. The topological polar surface area (TPSA) is 60.2 Å². The molecule has 0 aliphatic rings. The fourth-order valence-corrected chi connectivity index (χ4v) is 3.19. The Morgan fingerprint density at radius 2 is 1.75 bits per heavy atom. The molecule has 0 amide bonds. The van der Waals surface area contributed by atoms with Crippen LogP contribution in [0.2, 0.25) is 0 Å². The number of rotatable bonds is 3. The normalized spacial score (nSPS) is 11.6. The van der Waals surface area contributed by atoms with Crippen LogP contribution in [0.4, 0.5) is 14.5 Å². The first-order chi connectivity index (χ1) is 9.29. The van der Waals surface area contributed by atoms with Crippen LogP contribution in [0.25, 0.3) is 0 Å². The van der Waals surface area contributed by atoms with Gasteiger partial charge in [-0.25, -0.2) is 17.2 Å². The molecular formula is C14H13F2NO2S. The smallest absolute Gasteiger partial charge is 0.182 e. The van der Waals surface area contributed by atoms with Crippen molar-refractivity contribution in [2.24, 2.45) is 0 Å². The Hall–Kier alpha value is -1.95. The van der Waals surface area contributed by atoms with Crippen molar-refractivity contribution in [3.63, 3.8) is 0 Å². The van der Waals surface area contributed by atoms with Gasteiger partial charge in [0.25, 0.3) is 0 Å². The molecule has 0 heterocycles. The van der Waals surface area contributed by atoms with E-state index in [0.29, 0.717) is 11.3 Å². The fraction of sp³-hybridized carbons (Fsp3) is 0.143. The highest BCUT2D eigenvalue weighted by Crippen LogP contribution is 2.21. The van der Waals surface area contributed by atoms with Crippen LogP contribution < -0.4 is 5.73 Å². The fourth-order valence-electron chi connectivity index (χ4n) is 1.77. The molecule has 2 aromatic carbocycles. The van der Waals surface area contributed by atoms with E-state index in [1.807, 2.05) is 0 Å². The van der Waals surface area contributed by atoms with Gasteiger partial charge in [-0.15, -0.1) is 0 Å². The van der Waals surface area contributed by atoms with Crippen molar-refractivity contribution < 1.29 is 17.2 Å². The molecule has 0 saturated carbocycles. The highest BCUT2D eigenvalue weighted by Gasteiger charge is 2.17. The number of hydrogen-bond donors (Lipinski definition) is 1. The summed E-state index contributed by atoms with van der Waals surface area (Å²) >= 11 is 0. The van der Waals surface area contributed by atoms with Gasteiger partial charge in [0.2, 0.25) is 0 Å². The monoisotopic (exact) mass is 297 g/mol. The minimum atomic E-state index is -3.63. The van der Waals surface area contributed by atoms with Crippen molar-refractivity contribution in [1.29, 1.82) is 0 Å². The minimum absolute atomic E-state index is 0.105. The number of aryl methyl sites for hydroxylation is 1. The first-order valence-electron chi connectivity index (χ1n) is 5.82. The standard InChI is InChI=1S/C14H13F2NO2S/c1-9-6-11(3-5-14(9)17)20(18,19)8-10-2-4-12(15)13(16)7-10/h2-7H,8,17H2,1H3. The van der Waals surface area contributed by atoms with Crippen molar-refractivity contribution in [3.8, 4) is 0 Å². The molecule has 2 rings (SSSR count). The van der Waals surface area contributed by atoms with Gasteiger partial charge in [0.15, 0.2) is 21.5 Å². The van der Waals surface area contributed by atoms with E-state index in [1.165, 1.54) is 24.3 Å². The highest BCUT2D eigenvalue weighted by atomic mass is 32.2. The summed E-state index contributed by atoms with van der Waals surface area (Å²) in [5.41, 5.74) is 6.97. The lowest BCUT2D eigenvalue weighted by atomic mass is 10.2. The zero-order chi connectivity index (χ0) is 14.9. The van der Waals surface area contributed by atoms with E-state index in [4.69, 9.17) is 5.73 Å². The summed E-state index contributed by atoms with van der Waals surface area (Å²) in [6.07, 6.45) is 0. The molecule has 2 aromatic rings. The van der Waals surface area contributed by atoms with Gasteiger partial charge < -0.3 is 5.73 Å². The van der Waals surface area contributed by atoms with Crippen molar-refractivity contribution in [2.75, 3.05) is 5.73 Å². The van der Waals surface area contributed by atoms with Crippen molar-refractivity contribution in [1.82, 2.24) is 0 Å². The van der Waals surface area contributed by atoms with E-state index >= 15 is 0 Å². The molecule has 0 aliphatic heterocycles. The third-order valence-corrected chi connectivity index (χ3v) is 4.63. The maximum Gasteiger partial charge on any atom is 0.182 e. The second-order valence-electron chi connectivity index (χ2n) is 4.53. The summed E-state index contributed by atoms with van der Waals surface area (Å²) in [6, 6.07) is 7.42. The lowest BCUT2D eigenvalue weighted by molar-refractivity contribution is 0.507. The van der Waals surface area contributed by atoms with Gasteiger partial charge in [-0.05, 0) is 48.4 Å². The van der Waals surface area contributed by atoms with Crippen molar-refractivity contribution in [2.45, 2.75) is 17.6 Å². The van der Waals surface area contributed by atoms with E-state index in [2.05, 4.69) is 0 Å². The quantitative estimate of drug-likeness (QED) is 0.886. The van der Waals surface area contributed by atoms with Gasteiger partial charge in [-0.3, -0.25) is 0 Å². The SMILES string of the molecule is Cc1cc(S(=O)(=O)Cc2ccc(F)c(F)c2)ccc1N. The molecule has 0 atom stereocenters. The van der Waals surface area contributed by atoms with Gasteiger partial charge in [0, 0.05) is 5.69 Å². The van der Waals surface area contributed by atoms with Crippen LogP contribution in [0.5, 0.6) is 0 Å². The second-order valence-corrected chi connectivity index (χ2v) is 6.52. The Balaban J connectivity index is 2.35. The van der Waals surface area contributed by atoms with E-state index in [9.17, 15) is 17.2 Å². The Kier molecular flexibility index (Phi) is 3.76. The van der Waals surface area contributed by atoms with Gasteiger partial charge >= 0.3 is 0 Å². The molecule has 106 valence electrons. The lowest BCUT2D eigenvalue weighted by Gasteiger charge is -2.07. The summed E-state index contributed by atoms with van der Waals surface area (Å²) in [5.74, 6) is -2.46. The molecule has 0 aliphatic carbocycles. The molecule has 0 aromatic heterocycles. The number of hydrogen-bond acceptors (Lipinski definition) is 3. The highest BCUT2D eigenvalue weighted by molar-refractivity contribution is 7.90. The number of benzene rings is 2. The molecule has 0 bridgehead atoms. The van der Waals surface area contributed by atoms with Crippen molar-refractivity contribution in [3.05, 3.63) is 59.2 Å². The molecule has 0 radical (unpaired) electrons. The number of nitrogens with two attached hydrogens (primary N) is 1. The van der Waals surface area contributed by atoms with E-state index in [1.54, 1.807) is 6.92 Å². The molecule has 0 fully saturated rings. The summed E-state index contributed by atoms with van der Waals surface area (Å²) < 4.78 is 50.3. The maximum atomic E-state index is 13.1. The second kappa shape index (κ2) is 5.20. The van der Waals surface area contributed by atoms with Gasteiger partial charge in [0.05, 0.1) is 10.6 Å². The molecule has 0 spiro atoms. The van der Waals surface area contributed by atoms with Crippen LogP contribution >= 0.6 is 0 Å². The average Bonchev–Trinajstić information content (AvgIpc) is 2.37. The van der Waals surface area contributed by atoms with Crippen LogP contribution in [0.3, 0.4) is 0 Å². The van der Waals surface area contributed by atoms with Crippen LogP contribution in [0.15, 0.2) is 41.3 Å². The van der Waals surface area contributed by atoms with Crippen LogP contribution in [-0.4, -0.2) is 8.42 Å². The first kappa shape index (κ1) is 14.5. The lowest BCUT2D eigenvalue weighted by Crippen LogP contribution is -2.06. The zero-order valence-electron chi connectivity index (χ0n) is 10.7. The van der Waals surface area contributed by atoms with Crippen LogP contribution in [0, 0.1) is 18.6 Å². The largest absolute Gasteiger partial charge is 0.399 e. The van der Waals surface area contributed by atoms with Crippen molar-refractivity contribution >= 4 is 15.5 Å². The number of halogens is 2. The predicted octanol–water partition coefficient (Wildman–Crippen LogP) is 2.83. The third-order valence-electron chi connectivity index (χ3n) is 2.94.